The third-order valence-electron chi connectivity index (χ3n) is 3.28. The molecule has 0 radical (unpaired) electrons. The highest BCUT2D eigenvalue weighted by Crippen LogP contribution is 2.29. The summed E-state index contributed by atoms with van der Waals surface area (Å²) in [5.74, 6) is 1.03. The first-order valence-corrected chi connectivity index (χ1v) is 5.91. The molecule has 0 saturated carbocycles. The largest absolute Gasteiger partial charge is 0.330 e. The van der Waals surface area contributed by atoms with E-state index in [1.54, 1.807) is 0 Å². The van der Waals surface area contributed by atoms with Crippen molar-refractivity contribution in [3.8, 4) is 0 Å². The van der Waals surface area contributed by atoms with Gasteiger partial charge < -0.3 is 5.73 Å². The molecular formula is C15H19N. The van der Waals surface area contributed by atoms with Crippen molar-refractivity contribution in [3.05, 3.63) is 48.0 Å². The fraction of sp³-hybridized carbons (Fsp3) is 0.333. The standard InChI is InChI=1S/C15H19N/c1-11(2)15(10-16)14-9-5-7-12-6-3-4-8-13(12)14/h3-9,11,15H,10,16H2,1-2H3. The molecule has 16 heavy (non-hydrogen) atoms. The number of nitrogens with two attached hydrogens (primary N) is 1. The van der Waals surface area contributed by atoms with E-state index in [1.165, 1.54) is 16.3 Å². The van der Waals surface area contributed by atoms with E-state index >= 15 is 0 Å². The van der Waals surface area contributed by atoms with Gasteiger partial charge in [-0.15, -0.1) is 0 Å². The van der Waals surface area contributed by atoms with Crippen molar-refractivity contribution >= 4 is 10.8 Å². The molecule has 1 heteroatoms. The Morgan fingerprint density at radius 3 is 2.38 bits per heavy atom. The maximum absolute atomic E-state index is 5.90. The van der Waals surface area contributed by atoms with E-state index in [0.717, 1.165) is 0 Å². The first kappa shape index (κ1) is 11.2. The summed E-state index contributed by atoms with van der Waals surface area (Å²) in [7, 11) is 0. The minimum absolute atomic E-state index is 0.450. The van der Waals surface area contributed by atoms with E-state index in [9.17, 15) is 0 Å². The fourth-order valence-electron chi connectivity index (χ4n) is 2.33. The van der Waals surface area contributed by atoms with Gasteiger partial charge in [0.2, 0.25) is 0 Å². The number of benzene rings is 2. The number of rotatable bonds is 3. The molecule has 1 atom stereocenters. The molecule has 0 aliphatic rings. The number of hydrogen-bond acceptors (Lipinski definition) is 1. The number of fused-ring (bicyclic) bond motifs is 1. The summed E-state index contributed by atoms with van der Waals surface area (Å²) in [6.07, 6.45) is 0. The van der Waals surface area contributed by atoms with Crippen LogP contribution in [0.1, 0.15) is 25.3 Å². The maximum Gasteiger partial charge on any atom is -0.000555 e. The molecule has 0 heterocycles. The Bertz CT molecular complexity index is 468. The normalized spacial score (nSPS) is 13.2. The summed E-state index contributed by atoms with van der Waals surface area (Å²) in [5.41, 5.74) is 7.28. The van der Waals surface area contributed by atoms with Crippen LogP contribution in [0.15, 0.2) is 42.5 Å². The smallest absolute Gasteiger partial charge is 0.000555 e. The minimum Gasteiger partial charge on any atom is -0.330 e. The van der Waals surface area contributed by atoms with Crippen LogP contribution in [0.25, 0.3) is 10.8 Å². The van der Waals surface area contributed by atoms with E-state index in [0.29, 0.717) is 18.4 Å². The molecule has 0 bridgehead atoms. The SMILES string of the molecule is CC(C)C(CN)c1cccc2ccccc12. The zero-order valence-corrected chi connectivity index (χ0v) is 9.98. The number of hydrogen-bond donors (Lipinski definition) is 1. The van der Waals surface area contributed by atoms with Crippen molar-refractivity contribution in [1.82, 2.24) is 0 Å². The van der Waals surface area contributed by atoms with Crippen molar-refractivity contribution in [2.75, 3.05) is 6.54 Å². The van der Waals surface area contributed by atoms with Gasteiger partial charge in [-0.05, 0) is 34.7 Å². The highest BCUT2D eigenvalue weighted by atomic mass is 14.6. The molecular weight excluding hydrogens is 194 g/mol. The summed E-state index contributed by atoms with van der Waals surface area (Å²) in [6.45, 7) is 5.18. The Balaban J connectivity index is 2.59. The zero-order valence-electron chi connectivity index (χ0n) is 9.98. The fourth-order valence-corrected chi connectivity index (χ4v) is 2.33. The molecule has 0 aliphatic carbocycles. The van der Waals surface area contributed by atoms with Crippen LogP contribution in [0.5, 0.6) is 0 Å². The van der Waals surface area contributed by atoms with Crippen LogP contribution in [0.4, 0.5) is 0 Å². The summed E-state index contributed by atoms with van der Waals surface area (Å²) in [6, 6.07) is 15.0. The summed E-state index contributed by atoms with van der Waals surface area (Å²) >= 11 is 0. The van der Waals surface area contributed by atoms with Crippen LogP contribution < -0.4 is 5.73 Å². The lowest BCUT2D eigenvalue weighted by atomic mass is 9.85. The monoisotopic (exact) mass is 213 g/mol. The van der Waals surface area contributed by atoms with Gasteiger partial charge in [-0.2, -0.15) is 0 Å². The molecule has 0 aromatic heterocycles. The minimum atomic E-state index is 0.450. The lowest BCUT2D eigenvalue weighted by molar-refractivity contribution is 0.509. The van der Waals surface area contributed by atoms with Gasteiger partial charge in [0.1, 0.15) is 0 Å². The molecule has 0 fully saturated rings. The van der Waals surface area contributed by atoms with Gasteiger partial charge in [-0.3, -0.25) is 0 Å². The van der Waals surface area contributed by atoms with Gasteiger partial charge in [0.25, 0.3) is 0 Å². The molecule has 0 spiro atoms. The first-order valence-electron chi connectivity index (χ1n) is 5.91. The van der Waals surface area contributed by atoms with Crippen LogP contribution in [0, 0.1) is 5.92 Å². The lowest BCUT2D eigenvalue weighted by Crippen LogP contribution is -2.18. The Labute approximate surface area is 97.3 Å². The predicted molar refractivity (Wildman–Crippen MR) is 70.6 cm³/mol. The molecule has 1 unspecified atom stereocenters. The molecule has 2 N–H and O–H groups in total. The summed E-state index contributed by atoms with van der Waals surface area (Å²) in [5, 5.41) is 2.65. The summed E-state index contributed by atoms with van der Waals surface area (Å²) in [4.78, 5) is 0. The van der Waals surface area contributed by atoms with Crippen molar-refractivity contribution in [2.45, 2.75) is 19.8 Å². The lowest BCUT2D eigenvalue weighted by Gasteiger charge is -2.21. The van der Waals surface area contributed by atoms with Crippen molar-refractivity contribution in [1.29, 1.82) is 0 Å². The van der Waals surface area contributed by atoms with Gasteiger partial charge >= 0.3 is 0 Å². The molecule has 2 rings (SSSR count). The Morgan fingerprint density at radius 1 is 1.00 bits per heavy atom. The van der Waals surface area contributed by atoms with Gasteiger partial charge in [0.05, 0.1) is 0 Å². The molecule has 0 saturated heterocycles. The van der Waals surface area contributed by atoms with E-state index in [1.807, 2.05) is 0 Å². The van der Waals surface area contributed by atoms with E-state index < -0.39 is 0 Å². The quantitative estimate of drug-likeness (QED) is 0.829. The van der Waals surface area contributed by atoms with Crippen molar-refractivity contribution in [3.63, 3.8) is 0 Å². The van der Waals surface area contributed by atoms with Gasteiger partial charge in [0, 0.05) is 0 Å². The van der Waals surface area contributed by atoms with E-state index in [-0.39, 0.29) is 0 Å². The Morgan fingerprint density at radius 2 is 1.69 bits per heavy atom. The molecule has 84 valence electrons. The maximum atomic E-state index is 5.90. The van der Waals surface area contributed by atoms with E-state index in [4.69, 9.17) is 5.73 Å². The van der Waals surface area contributed by atoms with Crippen LogP contribution >= 0.6 is 0 Å². The summed E-state index contributed by atoms with van der Waals surface area (Å²) < 4.78 is 0. The van der Waals surface area contributed by atoms with E-state index in [2.05, 4.69) is 56.3 Å². The van der Waals surface area contributed by atoms with Crippen LogP contribution in [-0.2, 0) is 0 Å². The second kappa shape index (κ2) is 4.67. The van der Waals surface area contributed by atoms with Crippen molar-refractivity contribution in [2.24, 2.45) is 11.7 Å². The molecule has 0 amide bonds. The van der Waals surface area contributed by atoms with Crippen LogP contribution in [-0.4, -0.2) is 6.54 Å². The average molecular weight is 213 g/mol. The Hall–Kier alpha value is -1.34. The first-order chi connectivity index (χ1) is 7.74. The molecule has 1 nitrogen and oxygen atoms in total. The van der Waals surface area contributed by atoms with Crippen molar-refractivity contribution < 1.29 is 0 Å². The Kier molecular flexibility index (Phi) is 3.25. The molecule has 2 aromatic rings. The molecule has 2 aromatic carbocycles. The second-order valence-electron chi connectivity index (χ2n) is 4.65. The third kappa shape index (κ3) is 1.96. The topological polar surface area (TPSA) is 26.0 Å². The van der Waals surface area contributed by atoms with Gasteiger partial charge in [-0.25, -0.2) is 0 Å². The highest BCUT2D eigenvalue weighted by Gasteiger charge is 2.15. The second-order valence-corrected chi connectivity index (χ2v) is 4.65. The molecule has 0 aliphatic heterocycles. The van der Waals surface area contributed by atoms with Gasteiger partial charge in [0.15, 0.2) is 0 Å². The average Bonchev–Trinajstić information content (AvgIpc) is 2.30. The highest BCUT2D eigenvalue weighted by molar-refractivity contribution is 5.86. The van der Waals surface area contributed by atoms with Crippen LogP contribution in [0.3, 0.4) is 0 Å². The predicted octanol–water partition coefficient (Wildman–Crippen LogP) is 3.54. The van der Waals surface area contributed by atoms with Gasteiger partial charge in [-0.1, -0.05) is 56.3 Å². The third-order valence-corrected chi connectivity index (χ3v) is 3.28. The van der Waals surface area contributed by atoms with Crippen LogP contribution in [0.2, 0.25) is 0 Å². The zero-order chi connectivity index (χ0) is 11.5.